The molecular weight excluding hydrogens is 202 g/mol. The van der Waals surface area contributed by atoms with Gasteiger partial charge in [-0.1, -0.05) is 20.8 Å². The second-order valence-corrected chi connectivity index (χ2v) is 4.37. The molecular formula is C11H12F2O2. The molecule has 0 heterocycles. The SMILES string of the molecule is CC(C)(C)c1c(F)cc(F)cc1C(=O)O. The largest absolute Gasteiger partial charge is 0.478 e. The van der Waals surface area contributed by atoms with Crippen molar-refractivity contribution in [1.29, 1.82) is 0 Å². The van der Waals surface area contributed by atoms with Gasteiger partial charge in [-0.15, -0.1) is 0 Å². The molecule has 0 saturated heterocycles. The lowest BCUT2D eigenvalue weighted by atomic mass is 9.83. The van der Waals surface area contributed by atoms with Gasteiger partial charge in [0, 0.05) is 11.6 Å². The van der Waals surface area contributed by atoms with Gasteiger partial charge >= 0.3 is 5.97 Å². The Morgan fingerprint density at radius 1 is 1.27 bits per heavy atom. The van der Waals surface area contributed by atoms with Crippen molar-refractivity contribution in [3.05, 3.63) is 34.9 Å². The molecule has 0 unspecified atom stereocenters. The van der Waals surface area contributed by atoms with Crippen LogP contribution in [0.15, 0.2) is 12.1 Å². The van der Waals surface area contributed by atoms with Gasteiger partial charge in [0.1, 0.15) is 11.6 Å². The third-order valence-corrected chi connectivity index (χ3v) is 2.04. The minimum Gasteiger partial charge on any atom is -0.478 e. The number of carboxylic acids is 1. The van der Waals surface area contributed by atoms with Crippen LogP contribution in [0, 0.1) is 11.6 Å². The lowest BCUT2D eigenvalue weighted by Crippen LogP contribution is -2.19. The highest BCUT2D eigenvalue weighted by molar-refractivity contribution is 5.89. The maximum absolute atomic E-state index is 13.5. The molecule has 0 atom stereocenters. The van der Waals surface area contributed by atoms with E-state index < -0.39 is 23.0 Å². The fourth-order valence-electron chi connectivity index (χ4n) is 1.50. The Morgan fingerprint density at radius 3 is 2.20 bits per heavy atom. The van der Waals surface area contributed by atoms with Gasteiger partial charge in [-0.3, -0.25) is 0 Å². The summed E-state index contributed by atoms with van der Waals surface area (Å²) in [6.07, 6.45) is 0. The summed E-state index contributed by atoms with van der Waals surface area (Å²) in [5.74, 6) is -3.02. The van der Waals surface area contributed by atoms with Crippen LogP contribution in [0.2, 0.25) is 0 Å². The molecule has 0 aliphatic carbocycles. The zero-order chi connectivity index (χ0) is 11.8. The normalized spacial score (nSPS) is 11.5. The minimum atomic E-state index is -1.32. The van der Waals surface area contributed by atoms with Crippen LogP contribution in [0.3, 0.4) is 0 Å². The van der Waals surface area contributed by atoms with Crippen LogP contribution in [0.4, 0.5) is 8.78 Å². The monoisotopic (exact) mass is 214 g/mol. The highest BCUT2D eigenvalue weighted by Crippen LogP contribution is 2.29. The van der Waals surface area contributed by atoms with Crippen molar-refractivity contribution in [1.82, 2.24) is 0 Å². The van der Waals surface area contributed by atoms with Crippen molar-refractivity contribution in [3.8, 4) is 0 Å². The number of aromatic carboxylic acids is 1. The molecule has 4 heteroatoms. The van der Waals surface area contributed by atoms with Gasteiger partial charge in [0.25, 0.3) is 0 Å². The lowest BCUT2D eigenvalue weighted by Gasteiger charge is -2.22. The summed E-state index contributed by atoms with van der Waals surface area (Å²) in [4.78, 5) is 10.8. The zero-order valence-electron chi connectivity index (χ0n) is 8.77. The van der Waals surface area contributed by atoms with Crippen LogP contribution >= 0.6 is 0 Å². The average molecular weight is 214 g/mol. The Morgan fingerprint density at radius 2 is 1.80 bits per heavy atom. The van der Waals surface area contributed by atoms with Gasteiger partial charge in [0.05, 0.1) is 5.56 Å². The number of carbonyl (C=O) groups is 1. The van der Waals surface area contributed by atoms with E-state index in [1.807, 2.05) is 0 Å². The predicted octanol–water partition coefficient (Wildman–Crippen LogP) is 2.96. The molecule has 0 saturated carbocycles. The van der Waals surface area contributed by atoms with Crippen molar-refractivity contribution < 1.29 is 18.7 Å². The third kappa shape index (κ3) is 2.32. The summed E-state index contributed by atoms with van der Waals surface area (Å²) in [5, 5.41) is 8.84. The van der Waals surface area contributed by atoms with E-state index in [9.17, 15) is 13.6 Å². The van der Waals surface area contributed by atoms with Crippen molar-refractivity contribution in [3.63, 3.8) is 0 Å². The molecule has 0 amide bonds. The molecule has 1 N–H and O–H groups in total. The second-order valence-electron chi connectivity index (χ2n) is 4.37. The standard InChI is InChI=1S/C11H12F2O2/c1-11(2,3)9-7(10(14)15)4-6(12)5-8(9)13/h4-5H,1-3H3,(H,14,15). The van der Waals surface area contributed by atoms with Crippen LogP contribution in [-0.4, -0.2) is 11.1 Å². The second kappa shape index (κ2) is 3.61. The average Bonchev–Trinajstić information content (AvgIpc) is 1.99. The molecule has 0 aromatic heterocycles. The molecule has 82 valence electrons. The highest BCUT2D eigenvalue weighted by Gasteiger charge is 2.26. The summed E-state index contributed by atoms with van der Waals surface area (Å²) in [6, 6.07) is 1.54. The first-order valence-corrected chi connectivity index (χ1v) is 4.46. The topological polar surface area (TPSA) is 37.3 Å². The van der Waals surface area contributed by atoms with Gasteiger partial charge < -0.3 is 5.11 Å². The first-order chi connectivity index (χ1) is 6.73. The Kier molecular flexibility index (Phi) is 2.79. The maximum Gasteiger partial charge on any atom is 0.336 e. The fourth-order valence-corrected chi connectivity index (χ4v) is 1.50. The molecule has 2 nitrogen and oxygen atoms in total. The van der Waals surface area contributed by atoms with Gasteiger partial charge in [-0.05, 0) is 11.5 Å². The number of benzene rings is 1. The molecule has 0 spiro atoms. The van der Waals surface area contributed by atoms with E-state index >= 15 is 0 Å². The van der Waals surface area contributed by atoms with Crippen molar-refractivity contribution in [2.75, 3.05) is 0 Å². The summed E-state index contributed by atoms with van der Waals surface area (Å²) in [7, 11) is 0. The first-order valence-electron chi connectivity index (χ1n) is 4.46. The summed E-state index contributed by atoms with van der Waals surface area (Å²) < 4.78 is 26.3. The Labute approximate surface area is 86.5 Å². The number of hydrogen-bond acceptors (Lipinski definition) is 1. The highest BCUT2D eigenvalue weighted by atomic mass is 19.1. The van der Waals surface area contributed by atoms with Gasteiger partial charge in [-0.2, -0.15) is 0 Å². The Bertz CT molecular complexity index is 406. The third-order valence-electron chi connectivity index (χ3n) is 2.04. The molecule has 0 aliphatic heterocycles. The maximum atomic E-state index is 13.5. The summed E-state index contributed by atoms with van der Waals surface area (Å²) in [6.45, 7) is 5.03. The van der Waals surface area contributed by atoms with Crippen molar-refractivity contribution >= 4 is 5.97 Å². The number of carboxylic acid groups (broad SMARTS) is 1. The summed E-state index contributed by atoms with van der Waals surface area (Å²) >= 11 is 0. The van der Waals surface area contributed by atoms with Gasteiger partial charge in [-0.25, -0.2) is 13.6 Å². The molecule has 1 aromatic carbocycles. The van der Waals surface area contributed by atoms with Crippen LogP contribution in [0.5, 0.6) is 0 Å². The Hall–Kier alpha value is -1.45. The first kappa shape index (κ1) is 11.6. The Balaban J connectivity index is 3.55. The van der Waals surface area contributed by atoms with Crippen molar-refractivity contribution in [2.45, 2.75) is 26.2 Å². The minimum absolute atomic E-state index is 0.0244. The number of hydrogen-bond donors (Lipinski definition) is 1. The number of halogens is 2. The van der Waals surface area contributed by atoms with Crippen LogP contribution in [0.25, 0.3) is 0 Å². The van der Waals surface area contributed by atoms with E-state index in [-0.39, 0.29) is 11.1 Å². The van der Waals surface area contributed by atoms with Crippen LogP contribution in [-0.2, 0) is 5.41 Å². The molecule has 0 fully saturated rings. The van der Waals surface area contributed by atoms with E-state index in [2.05, 4.69) is 0 Å². The molecule has 0 aliphatic rings. The molecule has 15 heavy (non-hydrogen) atoms. The number of rotatable bonds is 1. The lowest BCUT2D eigenvalue weighted by molar-refractivity contribution is 0.0692. The van der Waals surface area contributed by atoms with Crippen molar-refractivity contribution in [2.24, 2.45) is 0 Å². The summed E-state index contributed by atoms with van der Waals surface area (Å²) in [5.41, 5.74) is -0.970. The quantitative estimate of drug-likeness (QED) is 0.780. The van der Waals surface area contributed by atoms with E-state index in [0.29, 0.717) is 6.07 Å². The van der Waals surface area contributed by atoms with Gasteiger partial charge in [0.2, 0.25) is 0 Å². The van der Waals surface area contributed by atoms with Crippen LogP contribution in [0.1, 0.15) is 36.7 Å². The molecule has 1 rings (SSSR count). The predicted molar refractivity (Wildman–Crippen MR) is 52.0 cm³/mol. The van der Waals surface area contributed by atoms with E-state index in [0.717, 1.165) is 6.07 Å². The van der Waals surface area contributed by atoms with E-state index in [1.165, 1.54) is 0 Å². The zero-order valence-corrected chi connectivity index (χ0v) is 8.77. The van der Waals surface area contributed by atoms with Crippen LogP contribution < -0.4 is 0 Å². The molecule has 0 radical (unpaired) electrons. The molecule has 1 aromatic rings. The fraction of sp³-hybridized carbons (Fsp3) is 0.364. The van der Waals surface area contributed by atoms with Gasteiger partial charge in [0.15, 0.2) is 0 Å². The van der Waals surface area contributed by atoms with E-state index in [1.54, 1.807) is 20.8 Å². The molecule has 0 bridgehead atoms. The smallest absolute Gasteiger partial charge is 0.336 e. The van der Waals surface area contributed by atoms with E-state index in [4.69, 9.17) is 5.11 Å².